The molecule has 0 unspecified atom stereocenters. The molecule has 0 fully saturated rings. The largest absolute Gasteiger partial charge is 0.314 e. The molecule has 6 heteroatoms. The monoisotopic (exact) mass is 414 g/mol. The quantitative estimate of drug-likeness (QED) is 0.419. The summed E-state index contributed by atoms with van der Waals surface area (Å²) in [6.45, 7) is 2.57. The first-order valence-electron chi connectivity index (χ1n) is 9.79. The Morgan fingerprint density at radius 1 is 1.00 bits per heavy atom. The lowest BCUT2D eigenvalue weighted by Gasteiger charge is -2.08. The summed E-state index contributed by atoms with van der Waals surface area (Å²) in [4.78, 5) is 17.7. The Labute approximate surface area is 178 Å². The van der Waals surface area contributed by atoms with Crippen LogP contribution in [0.25, 0.3) is 27.7 Å². The van der Waals surface area contributed by atoms with Crippen molar-refractivity contribution in [2.75, 3.05) is 0 Å². The molecular formula is C24H19ClN4O. The number of aromatic nitrogens is 4. The number of rotatable bonds is 4. The van der Waals surface area contributed by atoms with Gasteiger partial charge in [-0.05, 0) is 42.7 Å². The van der Waals surface area contributed by atoms with Gasteiger partial charge in [0.25, 0.3) is 5.56 Å². The highest BCUT2D eigenvalue weighted by Crippen LogP contribution is 2.29. The van der Waals surface area contributed by atoms with Crippen LogP contribution in [0.15, 0.2) is 77.9 Å². The summed E-state index contributed by atoms with van der Waals surface area (Å²) in [5.74, 6) is 0. The van der Waals surface area contributed by atoms with Crippen LogP contribution < -0.4 is 5.56 Å². The van der Waals surface area contributed by atoms with Gasteiger partial charge in [0.1, 0.15) is 0 Å². The van der Waals surface area contributed by atoms with Gasteiger partial charge in [-0.2, -0.15) is 5.10 Å². The molecule has 0 saturated heterocycles. The highest BCUT2D eigenvalue weighted by molar-refractivity contribution is 6.30. The standard InChI is InChI=1S/C24H19ClN4O/c1-16-22(18-7-9-19(25)10-8-18)23-26-15-20-21(29(23)27-16)12-14-28(24(20)30)13-11-17-5-3-2-4-6-17/h2-10,12,14-15H,11,13H2,1H3. The van der Waals surface area contributed by atoms with E-state index in [0.717, 1.165) is 34.4 Å². The van der Waals surface area contributed by atoms with Gasteiger partial charge in [-0.15, -0.1) is 0 Å². The van der Waals surface area contributed by atoms with Gasteiger partial charge in [0, 0.05) is 29.5 Å². The van der Waals surface area contributed by atoms with Crippen molar-refractivity contribution in [3.8, 4) is 11.1 Å². The van der Waals surface area contributed by atoms with E-state index in [4.69, 9.17) is 11.6 Å². The predicted molar refractivity (Wildman–Crippen MR) is 120 cm³/mol. The maximum atomic E-state index is 13.1. The van der Waals surface area contributed by atoms with Crippen LogP contribution in [0.3, 0.4) is 0 Å². The average molecular weight is 415 g/mol. The maximum absolute atomic E-state index is 13.1. The van der Waals surface area contributed by atoms with E-state index in [2.05, 4.69) is 22.2 Å². The zero-order chi connectivity index (χ0) is 20.7. The fourth-order valence-corrected chi connectivity index (χ4v) is 3.97. The average Bonchev–Trinajstić information content (AvgIpc) is 3.11. The third kappa shape index (κ3) is 3.17. The normalized spacial score (nSPS) is 11.4. The minimum absolute atomic E-state index is 0.0565. The lowest BCUT2D eigenvalue weighted by Crippen LogP contribution is -2.21. The lowest BCUT2D eigenvalue weighted by molar-refractivity contribution is 0.674. The van der Waals surface area contributed by atoms with Gasteiger partial charge in [-0.3, -0.25) is 4.79 Å². The van der Waals surface area contributed by atoms with Gasteiger partial charge in [-0.1, -0.05) is 54.1 Å². The van der Waals surface area contributed by atoms with Crippen molar-refractivity contribution in [1.29, 1.82) is 0 Å². The first-order valence-corrected chi connectivity index (χ1v) is 10.2. The van der Waals surface area contributed by atoms with Crippen LogP contribution in [0.5, 0.6) is 0 Å². The van der Waals surface area contributed by atoms with Crippen molar-refractivity contribution >= 4 is 28.2 Å². The number of pyridine rings is 1. The number of benzene rings is 2. The number of hydrogen-bond donors (Lipinski definition) is 0. The SMILES string of the molecule is Cc1nn2c(ncc3c(=O)n(CCc4ccccc4)ccc32)c1-c1ccc(Cl)cc1. The van der Waals surface area contributed by atoms with Gasteiger partial charge in [0.05, 0.1) is 16.6 Å². The molecule has 0 N–H and O–H groups in total. The van der Waals surface area contributed by atoms with Crippen LogP contribution in [0, 0.1) is 6.92 Å². The van der Waals surface area contributed by atoms with Crippen molar-refractivity contribution in [1.82, 2.24) is 19.2 Å². The van der Waals surface area contributed by atoms with Gasteiger partial charge in [-0.25, -0.2) is 9.50 Å². The summed E-state index contributed by atoms with van der Waals surface area (Å²) in [5, 5.41) is 5.92. The Balaban J connectivity index is 1.59. The number of hydrogen-bond acceptors (Lipinski definition) is 3. The highest BCUT2D eigenvalue weighted by atomic mass is 35.5. The van der Waals surface area contributed by atoms with E-state index >= 15 is 0 Å². The summed E-state index contributed by atoms with van der Waals surface area (Å²) in [6.07, 6.45) is 4.29. The summed E-state index contributed by atoms with van der Waals surface area (Å²) in [7, 11) is 0. The van der Waals surface area contributed by atoms with E-state index in [1.165, 1.54) is 5.56 Å². The third-order valence-electron chi connectivity index (χ3n) is 5.38. The molecule has 0 bridgehead atoms. The number of fused-ring (bicyclic) bond motifs is 3. The second-order valence-corrected chi connectivity index (χ2v) is 7.75. The molecule has 0 aliphatic carbocycles. The molecule has 3 heterocycles. The van der Waals surface area contributed by atoms with Gasteiger partial charge >= 0.3 is 0 Å². The zero-order valence-electron chi connectivity index (χ0n) is 16.4. The molecule has 0 atom stereocenters. The van der Waals surface area contributed by atoms with Crippen LogP contribution in [0.2, 0.25) is 5.02 Å². The molecule has 0 spiro atoms. The molecule has 0 aliphatic heterocycles. The molecule has 30 heavy (non-hydrogen) atoms. The number of nitrogens with zero attached hydrogens (tertiary/aromatic N) is 4. The predicted octanol–water partition coefficient (Wildman–Crippen LogP) is 4.92. The molecule has 148 valence electrons. The van der Waals surface area contributed by atoms with Crippen LogP contribution >= 0.6 is 11.6 Å². The molecule has 0 radical (unpaired) electrons. The fraction of sp³-hybridized carbons (Fsp3) is 0.125. The summed E-state index contributed by atoms with van der Waals surface area (Å²) < 4.78 is 3.50. The Bertz CT molecular complexity index is 1420. The third-order valence-corrected chi connectivity index (χ3v) is 5.63. The molecule has 0 amide bonds. The topological polar surface area (TPSA) is 52.2 Å². The summed E-state index contributed by atoms with van der Waals surface area (Å²) in [5.41, 5.74) is 5.42. The molecular weight excluding hydrogens is 396 g/mol. The smallest absolute Gasteiger partial charge is 0.261 e. The highest BCUT2D eigenvalue weighted by Gasteiger charge is 2.16. The first kappa shape index (κ1) is 18.6. The van der Waals surface area contributed by atoms with E-state index in [-0.39, 0.29) is 5.56 Å². The summed E-state index contributed by atoms with van der Waals surface area (Å²) in [6, 6.07) is 19.7. The van der Waals surface area contributed by atoms with E-state index in [1.54, 1.807) is 15.3 Å². The molecule has 5 nitrogen and oxygen atoms in total. The Morgan fingerprint density at radius 3 is 2.53 bits per heavy atom. The lowest BCUT2D eigenvalue weighted by atomic mass is 10.1. The van der Waals surface area contributed by atoms with Gasteiger partial charge < -0.3 is 4.57 Å². The van der Waals surface area contributed by atoms with Crippen molar-refractivity contribution in [2.24, 2.45) is 0 Å². The zero-order valence-corrected chi connectivity index (χ0v) is 17.2. The van der Waals surface area contributed by atoms with Crippen molar-refractivity contribution in [2.45, 2.75) is 19.9 Å². The van der Waals surface area contributed by atoms with Crippen LogP contribution in [-0.2, 0) is 13.0 Å². The van der Waals surface area contributed by atoms with Gasteiger partial charge in [0.15, 0.2) is 5.65 Å². The molecule has 0 saturated carbocycles. The van der Waals surface area contributed by atoms with Crippen molar-refractivity contribution in [3.63, 3.8) is 0 Å². The number of aryl methyl sites for hydroxylation is 3. The summed E-state index contributed by atoms with van der Waals surface area (Å²) >= 11 is 6.03. The Morgan fingerprint density at radius 2 is 1.77 bits per heavy atom. The molecule has 2 aromatic carbocycles. The van der Waals surface area contributed by atoms with E-state index < -0.39 is 0 Å². The molecule has 5 rings (SSSR count). The minimum Gasteiger partial charge on any atom is -0.314 e. The van der Waals surface area contributed by atoms with E-state index in [0.29, 0.717) is 17.0 Å². The second kappa shape index (κ2) is 7.43. The van der Waals surface area contributed by atoms with Gasteiger partial charge in [0.2, 0.25) is 0 Å². The van der Waals surface area contributed by atoms with Crippen LogP contribution in [-0.4, -0.2) is 19.2 Å². The second-order valence-electron chi connectivity index (χ2n) is 7.31. The van der Waals surface area contributed by atoms with Crippen molar-refractivity contribution in [3.05, 3.63) is 99.7 Å². The minimum atomic E-state index is -0.0565. The molecule has 3 aromatic heterocycles. The maximum Gasteiger partial charge on any atom is 0.261 e. The molecule has 0 aliphatic rings. The van der Waals surface area contributed by atoms with Crippen LogP contribution in [0.4, 0.5) is 0 Å². The van der Waals surface area contributed by atoms with Crippen molar-refractivity contribution < 1.29 is 0 Å². The Kier molecular flexibility index (Phi) is 4.60. The molecule has 5 aromatic rings. The Hall–Kier alpha value is -3.44. The first-order chi connectivity index (χ1) is 14.6. The van der Waals surface area contributed by atoms with E-state index in [9.17, 15) is 4.79 Å². The number of halogens is 1. The van der Waals surface area contributed by atoms with Crippen LogP contribution in [0.1, 0.15) is 11.3 Å². The fourth-order valence-electron chi connectivity index (χ4n) is 3.84. The van der Waals surface area contributed by atoms with E-state index in [1.807, 2.05) is 61.7 Å².